The lowest BCUT2D eigenvalue weighted by atomic mass is 9.98. The van der Waals surface area contributed by atoms with Crippen LogP contribution in [0.3, 0.4) is 0 Å². The Balaban J connectivity index is 2.39. The van der Waals surface area contributed by atoms with E-state index in [1.54, 1.807) is 0 Å². The molecule has 2 rings (SSSR count). The van der Waals surface area contributed by atoms with Crippen molar-refractivity contribution < 1.29 is 9.84 Å². The smallest absolute Gasteiger partial charge is 0.103 e. The van der Waals surface area contributed by atoms with E-state index < -0.39 is 6.10 Å². The standard InChI is InChI=1S/C12H16O2/c1-2-9-3-4-10-5-6-14-8-12(13)11(10)7-9/h3-4,7,12-13H,2,5-6,8H2,1H3. The third-order valence-corrected chi connectivity index (χ3v) is 2.77. The molecule has 0 aromatic heterocycles. The lowest BCUT2D eigenvalue weighted by Gasteiger charge is -2.11. The minimum atomic E-state index is -0.445. The number of aryl methyl sites for hydroxylation is 1. The summed E-state index contributed by atoms with van der Waals surface area (Å²) in [5, 5.41) is 9.84. The highest BCUT2D eigenvalue weighted by atomic mass is 16.5. The maximum atomic E-state index is 9.84. The van der Waals surface area contributed by atoms with Gasteiger partial charge >= 0.3 is 0 Å². The van der Waals surface area contributed by atoms with E-state index >= 15 is 0 Å². The number of aliphatic hydroxyl groups excluding tert-OH is 1. The largest absolute Gasteiger partial charge is 0.386 e. The van der Waals surface area contributed by atoms with E-state index in [2.05, 4.69) is 25.1 Å². The van der Waals surface area contributed by atoms with Gasteiger partial charge in [0.1, 0.15) is 6.10 Å². The minimum absolute atomic E-state index is 0.431. The average molecular weight is 192 g/mol. The fourth-order valence-electron chi connectivity index (χ4n) is 1.87. The summed E-state index contributed by atoms with van der Waals surface area (Å²) in [6, 6.07) is 6.36. The summed E-state index contributed by atoms with van der Waals surface area (Å²) in [5.74, 6) is 0. The monoisotopic (exact) mass is 192 g/mol. The number of rotatable bonds is 1. The Bertz CT molecular complexity index is 320. The Morgan fingerprint density at radius 2 is 2.36 bits per heavy atom. The minimum Gasteiger partial charge on any atom is -0.386 e. The van der Waals surface area contributed by atoms with Crippen molar-refractivity contribution in [2.75, 3.05) is 13.2 Å². The zero-order valence-electron chi connectivity index (χ0n) is 8.49. The molecule has 0 aliphatic carbocycles. The molecule has 2 heteroatoms. The molecule has 0 fully saturated rings. The highest BCUT2D eigenvalue weighted by Crippen LogP contribution is 2.23. The van der Waals surface area contributed by atoms with E-state index in [-0.39, 0.29) is 0 Å². The van der Waals surface area contributed by atoms with Crippen molar-refractivity contribution in [3.63, 3.8) is 0 Å². The van der Waals surface area contributed by atoms with E-state index in [0.717, 1.165) is 25.0 Å². The van der Waals surface area contributed by atoms with E-state index in [9.17, 15) is 5.11 Å². The number of benzene rings is 1. The van der Waals surface area contributed by atoms with Crippen molar-refractivity contribution in [3.05, 3.63) is 34.9 Å². The van der Waals surface area contributed by atoms with Crippen LogP contribution in [0.15, 0.2) is 18.2 Å². The second-order valence-corrected chi connectivity index (χ2v) is 3.73. The quantitative estimate of drug-likeness (QED) is 0.736. The Morgan fingerprint density at radius 1 is 1.50 bits per heavy atom. The van der Waals surface area contributed by atoms with Crippen LogP contribution in [-0.2, 0) is 17.6 Å². The number of hydrogen-bond acceptors (Lipinski definition) is 2. The number of ether oxygens (including phenoxy) is 1. The van der Waals surface area contributed by atoms with Crippen molar-refractivity contribution in [3.8, 4) is 0 Å². The van der Waals surface area contributed by atoms with Crippen molar-refractivity contribution in [1.29, 1.82) is 0 Å². The molecule has 1 N–H and O–H groups in total. The van der Waals surface area contributed by atoms with Crippen molar-refractivity contribution in [2.24, 2.45) is 0 Å². The first-order chi connectivity index (χ1) is 6.81. The third kappa shape index (κ3) is 1.81. The van der Waals surface area contributed by atoms with Gasteiger partial charge in [0, 0.05) is 0 Å². The lowest BCUT2D eigenvalue weighted by molar-refractivity contribution is 0.0451. The van der Waals surface area contributed by atoms with Crippen LogP contribution in [0.1, 0.15) is 29.7 Å². The van der Waals surface area contributed by atoms with Crippen LogP contribution in [0.2, 0.25) is 0 Å². The zero-order chi connectivity index (χ0) is 9.97. The Labute approximate surface area is 84.5 Å². The molecule has 1 unspecified atom stereocenters. The van der Waals surface area contributed by atoms with Gasteiger partial charge in [-0.3, -0.25) is 0 Å². The summed E-state index contributed by atoms with van der Waals surface area (Å²) in [5.41, 5.74) is 3.57. The van der Waals surface area contributed by atoms with Crippen molar-refractivity contribution >= 4 is 0 Å². The predicted octanol–water partition coefficient (Wildman–Crippen LogP) is 1.86. The van der Waals surface area contributed by atoms with Crippen LogP contribution in [0.4, 0.5) is 0 Å². The van der Waals surface area contributed by atoms with Gasteiger partial charge in [0.2, 0.25) is 0 Å². The highest BCUT2D eigenvalue weighted by Gasteiger charge is 2.16. The molecule has 2 nitrogen and oxygen atoms in total. The molecule has 1 heterocycles. The van der Waals surface area contributed by atoms with Gasteiger partial charge in [-0.25, -0.2) is 0 Å². The van der Waals surface area contributed by atoms with Gasteiger partial charge in [-0.2, -0.15) is 0 Å². The van der Waals surface area contributed by atoms with E-state index in [4.69, 9.17) is 4.74 Å². The maximum Gasteiger partial charge on any atom is 0.103 e. The summed E-state index contributed by atoms with van der Waals surface area (Å²) in [7, 11) is 0. The number of aliphatic hydroxyl groups is 1. The SMILES string of the molecule is CCc1ccc2c(c1)C(O)COCC2. The zero-order valence-corrected chi connectivity index (χ0v) is 8.49. The Morgan fingerprint density at radius 3 is 3.14 bits per heavy atom. The van der Waals surface area contributed by atoms with Crippen LogP contribution in [0.5, 0.6) is 0 Å². The molecule has 14 heavy (non-hydrogen) atoms. The van der Waals surface area contributed by atoms with Crippen LogP contribution in [0.25, 0.3) is 0 Å². The molecule has 1 aliphatic rings. The van der Waals surface area contributed by atoms with Crippen molar-refractivity contribution in [1.82, 2.24) is 0 Å². The molecule has 0 saturated heterocycles. The van der Waals surface area contributed by atoms with Gasteiger partial charge in [-0.1, -0.05) is 25.1 Å². The molecule has 0 saturated carbocycles. The Kier molecular flexibility index (Phi) is 2.85. The average Bonchev–Trinajstić information content (AvgIpc) is 2.40. The fraction of sp³-hybridized carbons (Fsp3) is 0.500. The normalized spacial score (nSPS) is 21.4. The van der Waals surface area contributed by atoms with Crippen LogP contribution in [-0.4, -0.2) is 18.3 Å². The third-order valence-electron chi connectivity index (χ3n) is 2.77. The molecule has 1 atom stereocenters. The lowest BCUT2D eigenvalue weighted by Crippen LogP contribution is -2.05. The van der Waals surface area contributed by atoms with Crippen LogP contribution >= 0.6 is 0 Å². The molecule has 1 aromatic carbocycles. The molecular formula is C12H16O2. The Hall–Kier alpha value is -0.860. The van der Waals surface area contributed by atoms with Crippen molar-refractivity contribution in [2.45, 2.75) is 25.9 Å². The summed E-state index contributed by atoms with van der Waals surface area (Å²) in [6.07, 6.45) is 1.48. The predicted molar refractivity (Wildman–Crippen MR) is 55.3 cm³/mol. The molecule has 0 spiro atoms. The molecule has 1 aliphatic heterocycles. The van der Waals surface area contributed by atoms with E-state index in [1.165, 1.54) is 11.1 Å². The first kappa shape index (κ1) is 9.69. The maximum absolute atomic E-state index is 9.84. The molecule has 76 valence electrons. The number of fused-ring (bicyclic) bond motifs is 1. The fourth-order valence-corrected chi connectivity index (χ4v) is 1.87. The molecule has 0 bridgehead atoms. The molecule has 1 aromatic rings. The topological polar surface area (TPSA) is 29.5 Å². The van der Waals surface area contributed by atoms with Gasteiger partial charge in [-0.15, -0.1) is 0 Å². The van der Waals surface area contributed by atoms with Gasteiger partial charge in [0.25, 0.3) is 0 Å². The van der Waals surface area contributed by atoms with Gasteiger partial charge in [-0.05, 0) is 29.5 Å². The summed E-state index contributed by atoms with van der Waals surface area (Å²) in [6.45, 7) is 3.27. The second kappa shape index (κ2) is 4.11. The van der Waals surface area contributed by atoms with Gasteiger partial charge in [0.05, 0.1) is 13.2 Å². The van der Waals surface area contributed by atoms with Gasteiger partial charge in [0.15, 0.2) is 0 Å². The van der Waals surface area contributed by atoms with E-state index in [1.807, 2.05) is 0 Å². The summed E-state index contributed by atoms with van der Waals surface area (Å²) >= 11 is 0. The van der Waals surface area contributed by atoms with Crippen LogP contribution < -0.4 is 0 Å². The second-order valence-electron chi connectivity index (χ2n) is 3.73. The van der Waals surface area contributed by atoms with Gasteiger partial charge < -0.3 is 9.84 Å². The number of hydrogen-bond donors (Lipinski definition) is 1. The van der Waals surface area contributed by atoms with E-state index in [0.29, 0.717) is 6.61 Å². The highest BCUT2D eigenvalue weighted by molar-refractivity contribution is 5.34. The molecular weight excluding hydrogens is 176 g/mol. The first-order valence-corrected chi connectivity index (χ1v) is 5.18. The van der Waals surface area contributed by atoms with Crippen LogP contribution in [0, 0.1) is 0 Å². The summed E-state index contributed by atoms with van der Waals surface area (Å²) in [4.78, 5) is 0. The first-order valence-electron chi connectivity index (χ1n) is 5.18. The summed E-state index contributed by atoms with van der Waals surface area (Å²) < 4.78 is 5.31. The molecule has 0 radical (unpaired) electrons. The molecule has 0 amide bonds.